The molecule has 1 aromatic rings. The molecule has 1 aromatic carbocycles. The van der Waals surface area contributed by atoms with Crippen LogP contribution in [0.1, 0.15) is 60.5 Å². The third-order valence-corrected chi connectivity index (χ3v) is 9.04. The van der Waals surface area contributed by atoms with E-state index in [1.165, 1.54) is 4.31 Å². The smallest absolute Gasteiger partial charge is 0.251 e. The number of carbonyl (C=O) groups excluding carboxylic acids is 1. The van der Waals surface area contributed by atoms with Crippen molar-refractivity contribution < 1.29 is 22.0 Å². The van der Waals surface area contributed by atoms with Crippen LogP contribution in [0.4, 0.5) is 8.78 Å². The molecule has 3 rings (SSSR count). The Kier molecular flexibility index (Phi) is 9.29. The van der Waals surface area contributed by atoms with Crippen molar-refractivity contribution >= 4 is 28.3 Å². The lowest BCUT2D eigenvalue weighted by Gasteiger charge is -2.50. The molecule has 6 nitrogen and oxygen atoms in total. The lowest BCUT2D eigenvalue weighted by molar-refractivity contribution is -0.0856. The molecule has 1 saturated heterocycles. The summed E-state index contributed by atoms with van der Waals surface area (Å²) >= 11 is 0. The Labute approximate surface area is 202 Å². The first kappa shape index (κ1) is 28.0. The number of alkyl halides is 2. The van der Waals surface area contributed by atoms with Gasteiger partial charge in [-0.1, -0.05) is 25.1 Å². The molecule has 33 heavy (non-hydrogen) atoms. The molecule has 1 N–H and O–H groups in total. The van der Waals surface area contributed by atoms with Crippen molar-refractivity contribution in [1.82, 2.24) is 14.5 Å². The summed E-state index contributed by atoms with van der Waals surface area (Å²) in [5, 5.41) is 3.02. The molecule has 10 heteroatoms. The van der Waals surface area contributed by atoms with Crippen LogP contribution in [-0.4, -0.2) is 73.5 Å². The molecule has 1 saturated carbocycles. The van der Waals surface area contributed by atoms with E-state index in [4.69, 9.17) is 0 Å². The lowest BCUT2D eigenvalue weighted by Crippen LogP contribution is -2.63. The zero-order valence-corrected chi connectivity index (χ0v) is 21.3. The monoisotopic (exact) mass is 507 g/mol. The second-order valence-corrected chi connectivity index (χ2v) is 11.3. The Hall–Kier alpha value is -1.29. The van der Waals surface area contributed by atoms with Gasteiger partial charge in [0, 0.05) is 56.7 Å². The van der Waals surface area contributed by atoms with Crippen molar-refractivity contribution in [2.75, 3.05) is 38.5 Å². The third-order valence-electron chi connectivity index (χ3n) is 6.96. The molecule has 1 heterocycles. The Morgan fingerprint density at radius 2 is 1.58 bits per heavy atom. The van der Waals surface area contributed by atoms with Crippen molar-refractivity contribution in [3.8, 4) is 0 Å². The van der Waals surface area contributed by atoms with Gasteiger partial charge in [0.05, 0.1) is 5.75 Å². The Balaban J connectivity index is 0.00000385. The minimum Gasteiger partial charge on any atom is -0.350 e. The maximum Gasteiger partial charge on any atom is 0.251 e. The van der Waals surface area contributed by atoms with Crippen molar-refractivity contribution in [1.29, 1.82) is 0 Å². The zero-order chi connectivity index (χ0) is 23.6. The van der Waals surface area contributed by atoms with E-state index in [2.05, 4.69) is 10.2 Å². The minimum absolute atomic E-state index is 0. The summed E-state index contributed by atoms with van der Waals surface area (Å²) in [6.45, 7) is 7.54. The van der Waals surface area contributed by atoms with Crippen LogP contribution in [0.25, 0.3) is 0 Å². The number of piperazine rings is 1. The molecule has 0 unspecified atom stereocenters. The molecule has 0 aromatic heterocycles. The second-order valence-electron chi connectivity index (χ2n) is 9.23. The van der Waals surface area contributed by atoms with Gasteiger partial charge in [0.1, 0.15) is 0 Å². The summed E-state index contributed by atoms with van der Waals surface area (Å²) in [7, 11) is -3.28. The van der Waals surface area contributed by atoms with Crippen LogP contribution >= 0.6 is 12.4 Å². The number of benzene rings is 1. The third kappa shape index (κ3) is 6.44. The van der Waals surface area contributed by atoms with Crippen LogP contribution in [0.2, 0.25) is 0 Å². The Bertz CT molecular complexity index is 905. The molecule has 2 aliphatic rings. The number of aryl methyl sites for hydroxylation is 2. The summed E-state index contributed by atoms with van der Waals surface area (Å²) in [6, 6.07) is 5.67. The summed E-state index contributed by atoms with van der Waals surface area (Å²) in [6.07, 6.45) is 0.663. The van der Waals surface area contributed by atoms with Gasteiger partial charge < -0.3 is 5.32 Å². The van der Waals surface area contributed by atoms with Crippen LogP contribution in [0.3, 0.4) is 0 Å². The summed E-state index contributed by atoms with van der Waals surface area (Å²) in [5.74, 6) is -2.76. The molecule has 2 fully saturated rings. The van der Waals surface area contributed by atoms with Gasteiger partial charge in [0.15, 0.2) is 0 Å². The highest BCUT2D eigenvalue weighted by atomic mass is 35.5. The normalized spacial score (nSPS) is 21.2. The van der Waals surface area contributed by atoms with Crippen LogP contribution in [-0.2, 0) is 10.0 Å². The number of halogens is 3. The van der Waals surface area contributed by atoms with Gasteiger partial charge in [0.2, 0.25) is 15.9 Å². The van der Waals surface area contributed by atoms with Gasteiger partial charge >= 0.3 is 0 Å². The van der Waals surface area contributed by atoms with Gasteiger partial charge in [-0.2, -0.15) is 4.31 Å². The van der Waals surface area contributed by atoms with Gasteiger partial charge in [-0.05, 0) is 44.2 Å². The largest absolute Gasteiger partial charge is 0.350 e. The number of rotatable bonds is 7. The standard InChI is InChI=1S/C23H35F2N3O3S.ClH/c1-4-16-32(30,31)28-14-12-27(13-15-28)22(8-10-23(24,25)11-9-22)17-26-21(29)20-18(2)6-5-7-19(20)3;/h5-7H,4,8-17H2,1-3H3,(H,26,29);1H. The molecule has 0 radical (unpaired) electrons. The molecule has 188 valence electrons. The van der Waals surface area contributed by atoms with Crippen molar-refractivity contribution in [2.24, 2.45) is 0 Å². The summed E-state index contributed by atoms with van der Waals surface area (Å²) < 4.78 is 54.3. The highest BCUT2D eigenvalue weighted by Gasteiger charge is 2.47. The number of hydrogen-bond donors (Lipinski definition) is 1. The van der Waals surface area contributed by atoms with Crippen molar-refractivity contribution in [3.05, 3.63) is 34.9 Å². The average Bonchev–Trinajstić information content (AvgIpc) is 2.73. The SMILES string of the molecule is CCCS(=O)(=O)N1CCN(C2(CNC(=O)c3c(C)cccc3C)CCC(F)(F)CC2)CC1.Cl. The fourth-order valence-electron chi connectivity index (χ4n) is 5.02. The maximum absolute atomic E-state index is 14.0. The van der Waals surface area contributed by atoms with Crippen LogP contribution < -0.4 is 5.32 Å². The predicted molar refractivity (Wildman–Crippen MR) is 129 cm³/mol. The van der Waals surface area contributed by atoms with Gasteiger partial charge in [0.25, 0.3) is 5.91 Å². The number of amides is 1. The highest BCUT2D eigenvalue weighted by molar-refractivity contribution is 7.89. The lowest BCUT2D eigenvalue weighted by atomic mass is 9.78. The molecule has 1 aliphatic carbocycles. The number of hydrogen-bond acceptors (Lipinski definition) is 4. The summed E-state index contributed by atoms with van der Waals surface area (Å²) in [4.78, 5) is 15.1. The number of nitrogens with one attached hydrogen (secondary N) is 1. The first-order valence-corrected chi connectivity index (χ1v) is 13.1. The van der Waals surface area contributed by atoms with Crippen LogP contribution in [0, 0.1) is 13.8 Å². The summed E-state index contributed by atoms with van der Waals surface area (Å²) in [5.41, 5.74) is 1.79. The van der Waals surface area contributed by atoms with Crippen molar-refractivity contribution in [3.63, 3.8) is 0 Å². The van der Waals surface area contributed by atoms with E-state index in [0.29, 0.717) is 38.2 Å². The van der Waals surface area contributed by atoms with Gasteiger partial charge in [-0.25, -0.2) is 17.2 Å². The Morgan fingerprint density at radius 1 is 1.03 bits per heavy atom. The predicted octanol–water partition coefficient (Wildman–Crippen LogP) is 3.76. The molecule has 0 atom stereocenters. The zero-order valence-electron chi connectivity index (χ0n) is 19.7. The molecule has 1 amide bonds. The average molecular weight is 508 g/mol. The topological polar surface area (TPSA) is 69.7 Å². The molecule has 0 spiro atoms. The number of sulfonamides is 1. The first-order chi connectivity index (χ1) is 15.0. The van der Waals surface area contributed by atoms with E-state index in [9.17, 15) is 22.0 Å². The fraction of sp³-hybridized carbons (Fsp3) is 0.696. The van der Waals surface area contributed by atoms with E-state index < -0.39 is 21.5 Å². The van der Waals surface area contributed by atoms with Crippen molar-refractivity contribution in [2.45, 2.75) is 64.3 Å². The molecular weight excluding hydrogens is 472 g/mol. The molecular formula is C23H36ClF2N3O3S. The number of nitrogens with zero attached hydrogens (tertiary/aromatic N) is 2. The van der Waals surface area contributed by atoms with E-state index in [0.717, 1.165) is 11.1 Å². The van der Waals surface area contributed by atoms with Gasteiger partial charge in [-0.15, -0.1) is 12.4 Å². The highest BCUT2D eigenvalue weighted by Crippen LogP contribution is 2.42. The quantitative estimate of drug-likeness (QED) is 0.610. The molecule has 1 aliphatic heterocycles. The van der Waals surface area contributed by atoms with E-state index in [1.54, 1.807) is 0 Å². The van der Waals surface area contributed by atoms with E-state index >= 15 is 0 Å². The number of carbonyl (C=O) groups is 1. The van der Waals surface area contributed by atoms with Gasteiger partial charge in [-0.3, -0.25) is 9.69 Å². The maximum atomic E-state index is 14.0. The minimum atomic E-state index is -3.28. The van der Waals surface area contributed by atoms with E-state index in [-0.39, 0.29) is 56.3 Å². The van der Waals surface area contributed by atoms with Crippen LogP contribution in [0.5, 0.6) is 0 Å². The fourth-order valence-corrected chi connectivity index (χ4v) is 6.51. The van der Waals surface area contributed by atoms with Crippen LogP contribution in [0.15, 0.2) is 18.2 Å². The Morgan fingerprint density at radius 3 is 2.09 bits per heavy atom. The molecule has 0 bridgehead atoms. The first-order valence-electron chi connectivity index (χ1n) is 11.4. The van der Waals surface area contributed by atoms with E-state index in [1.807, 2.05) is 39.0 Å². The second kappa shape index (κ2) is 11.0.